The Labute approximate surface area is 171 Å². The van der Waals surface area contributed by atoms with Crippen LogP contribution in [0.4, 0.5) is 13.2 Å². The van der Waals surface area contributed by atoms with Crippen molar-refractivity contribution in [3.8, 4) is 11.1 Å². The van der Waals surface area contributed by atoms with Crippen molar-refractivity contribution in [3.05, 3.63) is 58.9 Å². The average molecular weight is 406 g/mol. The molecule has 1 aliphatic heterocycles. The standard InChI is InChI=1S/C24H29F3O2/c1-3-5-6-16-7-9-18(21(25)14-16)19-10-11-20(24(27)23(19)26)22-12-8-17(15-29-22)28-13-4-2/h7,9-11,14,17,22H,3-6,8,12-13,15H2,1-2H3. The van der Waals surface area contributed by atoms with Crippen molar-refractivity contribution in [1.82, 2.24) is 0 Å². The van der Waals surface area contributed by atoms with E-state index in [-0.39, 0.29) is 22.8 Å². The van der Waals surface area contributed by atoms with Gasteiger partial charge in [0.25, 0.3) is 0 Å². The Morgan fingerprint density at radius 1 is 0.966 bits per heavy atom. The Bertz CT molecular complexity index is 814. The van der Waals surface area contributed by atoms with E-state index in [0.29, 0.717) is 19.6 Å². The van der Waals surface area contributed by atoms with Gasteiger partial charge < -0.3 is 9.47 Å². The molecule has 1 saturated heterocycles. The van der Waals surface area contributed by atoms with Crippen LogP contribution in [0.2, 0.25) is 0 Å². The monoisotopic (exact) mass is 406 g/mol. The molecular weight excluding hydrogens is 377 g/mol. The number of benzene rings is 2. The minimum atomic E-state index is -1.03. The Morgan fingerprint density at radius 3 is 2.41 bits per heavy atom. The third-order valence-corrected chi connectivity index (χ3v) is 5.39. The molecule has 0 spiro atoms. The summed E-state index contributed by atoms with van der Waals surface area (Å²) in [5, 5.41) is 0. The van der Waals surface area contributed by atoms with Crippen molar-refractivity contribution >= 4 is 0 Å². The molecule has 2 nitrogen and oxygen atoms in total. The summed E-state index contributed by atoms with van der Waals surface area (Å²) in [4.78, 5) is 0. The van der Waals surface area contributed by atoms with E-state index in [1.807, 2.05) is 6.92 Å². The van der Waals surface area contributed by atoms with E-state index < -0.39 is 23.6 Å². The fourth-order valence-corrected chi connectivity index (χ4v) is 3.72. The molecule has 1 heterocycles. The highest BCUT2D eigenvalue weighted by molar-refractivity contribution is 5.66. The van der Waals surface area contributed by atoms with Crippen molar-refractivity contribution in [3.63, 3.8) is 0 Å². The van der Waals surface area contributed by atoms with Crippen molar-refractivity contribution in [2.45, 2.75) is 64.6 Å². The van der Waals surface area contributed by atoms with Crippen LogP contribution >= 0.6 is 0 Å². The Morgan fingerprint density at radius 2 is 1.76 bits per heavy atom. The second-order valence-electron chi connectivity index (χ2n) is 7.64. The Hall–Kier alpha value is -1.85. The molecule has 2 unspecified atom stereocenters. The molecule has 2 atom stereocenters. The van der Waals surface area contributed by atoms with E-state index in [4.69, 9.17) is 9.47 Å². The van der Waals surface area contributed by atoms with Gasteiger partial charge in [-0.15, -0.1) is 0 Å². The number of ether oxygens (including phenoxy) is 2. The lowest BCUT2D eigenvalue weighted by Crippen LogP contribution is -2.28. The van der Waals surface area contributed by atoms with Crippen LogP contribution in [0.25, 0.3) is 11.1 Å². The van der Waals surface area contributed by atoms with Gasteiger partial charge in [0, 0.05) is 23.3 Å². The zero-order chi connectivity index (χ0) is 20.8. The van der Waals surface area contributed by atoms with Gasteiger partial charge in [-0.05, 0) is 43.7 Å². The highest BCUT2D eigenvalue weighted by Crippen LogP contribution is 2.35. The van der Waals surface area contributed by atoms with Crippen LogP contribution in [0.3, 0.4) is 0 Å². The topological polar surface area (TPSA) is 18.5 Å². The van der Waals surface area contributed by atoms with Crippen molar-refractivity contribution in [1.29, 1.82) is 0 Å². The first-order chi connectivity index (χ1) is 14.0. The van der Waals surface area contributed by atoms with Crippen LogP contribution in [0, 0.1) is 17.5 Å². The van der Waals surface area contributed by atoms with E-state index in [9.17, 15) is 13.2 Å². The summed E-state index contributed by atoms with van der Waals surface area (Å²) in [6.07, 6.45) is 4.45. The first kappa shape index (κ1) is 21.8. The first-order valence-electron chi connectivity index (χ1n) is 10.5. The van der Waals surface area contributed by atoms with Gasteiger partial charge in [0.2, 0.25) is 0 Å². The molecule has 0 amide bonds. The summed E-state index contributed by atoms with van der Waals surface area (Å²) >= 11 is 0. The number of unbranched alkanes of at least 4 members (excludes halogenated alkanes) is 1. The fourth-order valence-electron chi connectivity index (χ4n) is 3.72. The summed E-state index contributed by atoms with van der Waals surface area (Å²) in [7, 11) is 0. The quantitative estimate of drug-likeness (QED) is 0.482. The molecule has 1 fully saturated rings. The average Bonchev–Trinajstić information content (AvgIpc) is 2.74. The van der Waals surface area contributed by atoms with E-state index in [1.165, 1.54) is 24.3 Å². The second kappa shape index (κ2) is 10.3. The molecule has 0 saturated carbocycles. The molecule has 0 aromatic heterocycles. The lowest BCUT2D eigenvalue weighted by atomic mass is 9.95. The third-order valence-electron chi connectivity index (χ3n) is 5.39. The maximum atomic E-state index is 14.8. The summed E-state index contributed by atoms with van der Waals surface area (Å²) in [5.41, 5.74) is 1.05. The van der Waals surface area contributed by atoms with Gasteiger partial charge in [-0.1, -0.05) is 44.5 Å². The molecule has 0 radical (unpaired) electrons. The van der Waals surface area contributed by atoms with Gasteiger partial charge in [-0.3, -0.25) is 0 Å². The summed E-state index contributed by atoms with van der Waals surface area (Å²) < 4.78 is 55.5. The molecule has 5 heteroatoms. The van der Waals surface area contributed by atoms with Gasteiger partial charge >= 0.3 is 0 Å². The molecule has 2 aromatic carbocycles. The van der Waals surface area contributed by atoms with Gasteiger partial charge in [-0.25, -0.2) is 13.2 Å². The van der Waals surface area contributed by atoms with Crippen LogP contribution in [0.5, 0.6) is 0 Å². The Kier molecular flexibility index (Phi) is 7.73. The molecule has 1 aliphatic rings. The van der Waals surface area contributed by atoms with Crippen LogP contribution in [-0.4, -0.2) is 19.3 Å². The number of hydrogen-bond acceptors (Lipinski definition) is 2. The van der Waals surface area contributed by atoms with Crippen molar-refractivity contribution in [2.75, 3.05) is 13.2 Å². The summed E-state index contributed by atoms with van der Waals surface area (Å²) in [5.74, 6) is -2.53. The normalized spacial score (nSPS) is 19.5. The predicted octanol–water partition coefficient (Wildman–Crippen LogP) is 6.76. The maximum absolute atomic E-state index is 14.8. The van der Waals surface area contributed by atoms with E-state index in [2.05, 4.69) is 6.92 Å². The highest BCUT2D eigenvalue weighted by atomic mass is 19.2. The number of halogens is 3. The minimum Gasteiger partial charge on any atom is -0.376 e. The predicted molar refractivity (Wildman–Crippen MR) is 108 cm³/mol. The smallest absolute Gasteiger partial charge is 0.167 e. The van der Waals surface area contributed by atoms with Crippen LogP contribution in [0.1, 0.15) is 63.2 Å². The Balaban J connectivity index is 1.76. The number of rotatable bonds is 8. The largest absolute Gasteiger partial charge is 0.376 e. The molecule has 0 bridgehead atoms. The second-order valence-corrected chi connectivity index (χ2v) is 7.64. The maximum Gasteiger partial charge on any atom is 0.167 e. The summed E-state index contributed by atoms with van der Waals surface area (Å²) in [6.45, 7) is 5.13. The molecular formula is C24H29F3O2. The molecule has 3 rings (SSSR count). The zero-order valence-electron chi connectivity index (χ0n) is 17.1. The van der Waals surface area contributed by atoms with E-state index in [1.54, 1.807) is 6.07 Å². The molecule has 158 valence electrons. The lowest BCUT2D eigenvalue weighted by Gasteiger charge is -2.29. The van der Waals surface area contributed by atoms with Gasteiger partial charge in [0.15, 0.2) is 11.6 Å². The molecule has 29 heavy (non-hydrogen) atoms. The van der Waals surface area contributed by atoms with Crippen LogP contribution in [-0.2, 0) is 15.9 Å². The highest BCUT2D eigenvalue weighted by Gasteiger charge is 2.28. The van der Waals surface area contributed by atoms with Crippen molar-refractivity contribution in [2.24, 2.45) is 0 Å². The molecule has 0 N–H and O–H groups in total. The SMILES string of the molecule is CCCCc1ccc(-c2ccc(C3CCC(OCCC)CO3)c(F)c2F)c(F)c1. The van der Waals surface area contributed by atoms with E-state index >= 15 is 0 Å². The molecule has 2 aromatic rings. The van der Waals surface area contributed by atoms with Gasteiger partial charge in [-0.2, -0.15) is 0 Å². The van der Waals surface area contributed by atoms with Gasteiger partial charge in [0.05, 0.1) is 18.8 Å². The lowest BCUT2D eigenvalue weighted by molar-refractivity contribution is -0.0875. The summed E-state index contributed by atoms with van der Waals surface area (Å²) in [6, 6.07) is 7.68. The van der Waals surface area contributed by atoms with Gasteiger partial charge in [0.1, 0.15) is 5.82 Å². The first-order valence-corrected chi connectivity index (χ1v) is 10.5. The van der Waals surface area contributed by atoms with Crippen LogP contribution < -0.4 is 0 Å². The molecule has 0 aliphatic carbocycles. The van der Waals surface area contributed by atoms with Crippen molar-refractivity contribution < 1.29 is 22.6 Å². The van der Waals surface area contributed by atoms with Crippen LogP contribution in [0.15, 0.2) is 30.3 Å². The fraction of sp³-hybridized carbons (Fsp3) is 0.500. The zero-order valence-corrected chi connectivity index (χ0v) is 17.1. The number of hydrogen-bond donors (Lipinski definition) is 0. The minimum absolute atomic E-state index is 0.00120. The number of aryl methyl sites for hydroxylation is 1. The van der Waals surface area contributed by atoms with E-state index in [0.717, 1.165) is 37.7 Å². The third kappa shape index (κ3) is 5.20.